The molecule has 1 saturated carbocycles. The van der Waals surface area contributed by atoms with Gasteiger partial charge in [0.1, 0.15) is 5.75 Å². The van der Waals surface area contributed by atoms with Crippen LogP contribution in [0.25, 0.3) is 0 Å². The average Bonchev–Trinajstić information content (AvgIpc) is 2.49. The Balaban J connectivity index is 1.65. The van der Waals surface area contributed by atoms with E-state index < -0.39 is 0 Å². The number of hydrogen-bond donors (Lipinski definition) is 1. The average molecular weight is 276 g/mol. The molecule has 1 N–H and O–H groups in total. The summed E-state index contributed by atoms with van der Waals surface area (Å²) in [6, 6.07) is 9.11. The number of benzene rings is 1. The Bertz CT molecular complexity index is 371. The predicted molar refractivity (Wildman–Crippen MR) is 84.2 cm³/mol. The van der Waals surface area contributed by atoms with Crippen molar-refractivity contribution in [3.63, 3.8) is 0 Å². The highest BCUT2D eigenvalue weighted by molar-refractivity contribution is 5.26. The molecule has 20 heavy (non-hydrogen) atoms. The molecule has 1 aliphatic rings. The summed E-state index contributed by atoms with van der Waals surface area (Å²) in [6.07, 6.45) is 6.96. The van der Waals surface area contributed by atoms with Gasteiger partial charge in [-0.15, -0.1) is 0 Å². The van der Waals surface area contributed by atoms with Crippen LogP contribution in [0, 0.1) is 0 Å². The van der Waals surface area contributed by atoms with Gasteiger partial charge in [-0.3, -0.25) is 0 Å². The third-order valence-electron chi connectivity index (χ3n) is 4.14. The summed E-state index contributed by atoms with van der Waals surface area (Å²) in [4.78, 5) is 2.37. The van der Waals surface area contributed by atoms with Crippen LogP contribution in [0.1, 0.15) is 37.7 Å². The largest absolute Gasteiger partial charge is 0.497 e. The molecule has 0 radical (unpaired) electrons. The summed E-state index contributed by atoms with van der Waals surface area (Å²) in [7, 11) is 3.89. The van der Waals surface area contributed by atoms with Gasteiger partial charge in [-0.25, -0.2) is 0 Å². The molecule has 0 saturated heterocycles. The van der Waals surface area contributed by atoms with Gasteiger partial charge in [0, 0.05) is 25.7 Å². The maximum atomic E-state index is 5.18. The zero-order valence-electron chi connectivity index (χ0n) is 12.9. The Morgan fingerprint density at radius 2 is 1.85 bits per heavy atom. The van der Waals surface area contributed by atoms with Crippen molar-refractivity contribution in [3.05, 3.63) is 29.8 Å². The van der Waals surface area contributed by atoms with Crippen LogP contribution >= 0.6 is 0 Å². The maximum Gasteiger partial charge on any atom is 0.118 e. The number of methoxy groups -OCH3 is 1. The molecule has 0 unspecified atom stereocenters. The Labute approximate surface area is 123 Å². The van der Waals surface area contributed by atoms with Crippen LogP contribution in [0.2, 0.25) is 0 Å². The van der Waals surface area contributed by atoms with Crippen LogP contribution in [0.15, 0.2) is 24.3 Å². The van der Waals surface area contributed by atoms with Crippen molar-refractivity contribution in [2.75, 3.05) is 27.2 Å². The minimum atomic E-state index is 0.762. The van der Waals surface area contributed by atoms with Crippen molar-refractivity contribution in [3.8, 4) is 5.75 Å². The van der Waals surface area contributed by atoms with E-state index in [0.29, 0.717) is 0 Å². The standard InChI is InChI=1S/C17H28N2O/c1-19(13-12-18-16-6-4-3-5-7-16)14-15-8-10-17(20-2)11-9-15/h8-11,16,18H,3-7,12-14H2,1-2H3. The summed E-state index contributed by atoms with van der Waals surface area (Å²) in [5.74, 6) is 0.926. The van der Waals surface area contributed by atoms with Gasteiger partial charge in [0.25, 0.3) is 0 Å². The molecule has 1 fully saturated rings. The fourth-order valence-electron chi connectivity index (χ4n) is 2.89. The van der Waals surface area contributed by atoms with Gasteiger partial charge in [-0.2, -0.15) is 0 Å². The van der Waals surface area contributed by atoms with E-state index in [4.69, 9.17) is 4.74 Å². The molecular weight excluding hydrogens is 248 g/mol. The fraction of sp³-hybridized carbons (Fsp3) is 0.647. The lowest BCUT2D eigenvalue weighted by Gasteiger charge is -2.24. The Morgan fingerprint density at radius 3 is 2.50 bits per heavy atom. The lowest BCUT2D eigenvalue weighted by molar-refractivity contribution is 0.300. The first kappa shape index (κ1) is 15.3. The van der Waals surface area contributed by atoms with Gasteiger partial charge in [0.15, 0.2) is 0 Å². The van der Waals surface area contributed by atoms with E-state index in [1.165, 1.54) is 37.7 Å². The van der Waals surface area contributed by atoms with E-state index >= 15 is 0 Å². The molecule has 0 atom stereocenters. The second-order valence-electron chi connectivity index (χ2n) is 5.87. The molecule has 1 aromatic carbocycles. The predicted octanol–water partition coefficient (Wildman–Crippen LogP) is 3.05. The van der Waals surface area contributed by atoms with Crippen LogP contribution in [0.4, 0.5) is 0 Å². The second kappa shape index (κ2) is 8.28. The molecule has 0 amide bonds. The summed E-state index contributed by atoms with van der Waals surface area (Å²) in [6.45, 7) is 3.19. The zero-order chi connectivity index (χ0) is 14.2. The van der Waals surface area contributed by atoms with E-state index in [-0.39, 0.29) is 0 Å². The van der Waals surface area contributed by atoms with Crippen molar-refractivity contribution >= 4 is 0 Å². The molecule has 1 aromatic rings. The molecule has 3 nitrogen and oxygen atoms in total. The third-order valence-corrected chi connectivity index (χ3v) is 4.14. The van der Waals surface area contributed by atoms with Crippen LogP contribution in [-0.4, -0.2) is 38.2 Å². The molecule has 0 spiro atoms. The second-order valence-corrected chi connectivity index (χ2v) is 5.87. The number of nitrogens with one attached hydrogen (secondary N) is 1. The first-order valence-corrected chi connectivity index (χ1v) is 7.83. The van der Waals surface area contributed by atoms with E-state index in [1.54, 1.807) is 7.11 Å². The molecular formula is C17H28N2O. The van der Waals surface area contributed by atoms with E-state index in [0.717, 1.165) is 31.4 Å². The first-order chi connectivity index (χ1) is 9.78. The van der Waals surface area contributed by atoms with Gasteiger partial charge in [-0.05, 0) is 37.6 Å². The van der Waals surface area contributed by atoms with Crippen molar-refractivity contribution < 1.29 is 4.74 Å². The summed E-state index contributed by atoms with van der Waals surface area (Å²) in [5, 5.41) is 3.69. The third kappa shape index (κ3) is 5.14. The molecule has 1 aliphatic carbocycles. The molecule has 0 bridgehead atoms. The summed E-state index contributed by atoms with van der Waals surface area (Å²) < 4.78 is 5.18. The quantitative estimate of drug-likeness (QED) is 0.828. The Hall–Kier alpha value is -1.06. The van der Waals surface area contributed by atoms with E-state index in [1.807, 2.05) is 12.1 Å². The van der Waals surface area contributed by atoms with Crippen molar-refractivity contribution in [2.45, 2.75) is 44.7 Å². The monoisotopic (exact) mass is 276 g/mol. The minimum absolute atomic E-state index is 0.762. The zero-order valence-corrected chi connectivity index (χ0v) is 12.9. The van der Waals surface area contributed by atoms with Gasteiger partial charge >= 0.3 is 0 Å². The van der Waals surface area contributed by atoms with Crippen LogP contribution < -0.4 is 10.1 Å². The topological polar surface area (TPSA) is 24.5 Å². The molecule has 0 heterocycles. The highest BCUT2D eigenvalue weighted by Gasteiger charge is 2.12. The maximum absolute atomic E-state index is 5.18. The van der Waals surface area contributed by atoms with Crippen molar-refractivity contribution in [2.24, 2.45) is 0 Å². The first-order valence-electron chi connectivity index (χ1n) is 7.83. The van der Waals surface area contributed by atoms with E-state index in [9.17, 15) is 0 Å². The fourth-order valence-corrected chi connectivity index (χ4v) is 2.89. The highest BCUT2D eigenvalue weighted by Crippen LogP contribution is 2.17. The molecule has 112 valence electrons. The number of hydrogen-bond acceptors (Lipinski definition) is 3. The SMILES string of the molecule is COc1ccc(CN(C)CCNC2CCCCC2)cc1. The van der Waals surface area contributed by atoms with Crippen molar-refractivity contribution in [1.29, 1.82) is 0 Å². The van der Waals surface area contributed by atoms with Crippen LogP contribution in [0.5, 0.6) is 5.75 Å². The number of rotatable bonds is 7. The Kier molecular flexibility index (Phi) is 6.34. The van der Waals surface area contributed by atoms with Crippen LogP contribution in [0.3, 0.4) is 0 Å². The normalized spacial score (nSPS) is 16.6. The smallest absolute Gasteiger partial charge is 0.118 e. The highest BCUT2D eigenvalue weighted by atomic mass is 16.5. The number of likely N-dealkylation sites (N-methyl/N-ethyl adjacent to an activating group) is 1. The summed E-state index contributed by atoms with van der Waals surface area (Å²) >= 11 is 0. The Morgan fingerprint density at radius 1 is 1.15 bits per heavy atom. The summed E-state index contributed by atoms with van der Waals surface area (Å²) in [5.41, 5.74) is 1.34. The lowest BCUT2D eigenvalue weighted by atomic mass is 9.95. The van der Waals surface area contributed by atoms with Gasteiger partial charge in [0.2, 0.25) is 0 Å². The van der Waals surface area contributed by atoms with Gasteiger partial charge < -0.3 is 15.0 Å². The number of ether oxygens (including phenoxy) is 1. The molecule has 2 rings (SSSR count). The van der Waals surface area contributed by atoms with Gasteiger partial charge in [-0.1, -0.05) is 31.4 Å². The molecule has 3 heteroatoms. The van der Waals surface area contributed by atoms with Crippen molar-refractivity contribution in [1.82, 2.24) is 10.2 Å². The molecule has 0 aromatic heterocycles. The lowest BCUT2D eigenvalue weighted by Crippen LogP contribution is -2.36. The molecule has 0 aliphatic heterocycles. The number of nitrogens with zero attached hydrogens (tertiary/aromatic N) is 1. The van der Waals surface area contributed by atoms with E-state index in [2.05, 4.69) is 29.4 Å². The minimum Gasteiger partial charge on any atom is -0.497 e. The van der Waals surface area contributed by atoms with Crippen LogP contribution in [-0.2, 0) is 6.54 Å². The van der Waals surface area contributed by atoms with Gasteiger partial charge in [0.05, 0.1) is 7.11 Å².